The summed E-state index contributed by atoms with van der Waals surface area (Å²) in [4.78, 5) is 0. The van der Waals surface area contributed by atoms with Gasteiger partial charge in [-0.3, -0.25) is 0 Å². The van der Waals surface area contributed by atoms with Gasteiger partial charge in [0.2, 0.25) is 0 Å². The van der Waals surface area contributed by atoms with Crippen molar-refractivity contribution in [2.75, 3.05) is 5.88 Å². The van der Waals surface area contributed by atoms with Crippen LogP contribution in [0.3, 0.4) is 0 Å². The van der Waals surface area contributed by atoms with Crippen molar-refractivity contribution in [3.05, 3.63) is 34.3 Å². The van der Waals surface area contributed by atoms with Gasteiger partial charge in [-0.1, -0.05) is 59.8 Å². The summed E-state index contributed by atoms with van der Waals surface area (Å²) in [6.45, 7) is 0. The molecule has 0 aliphatic heterocycles. The van der Waals surface area contributed by atoms with Crippen molar-refractivity contribution in [2.24, 2.45) is 5.92 Å². The molecule has 88 valence electrons. The van der Waals surface area contributed by atoms with Crippen LogP contribution in [0.4, 0.5) is 0 Å². The number of benzene rings is 1. The largest absolute Gasteiger partial charge is 0.126 e. The van der Waals surface area contributed by atoms with Crippen molar-refractivity contribution in [3.8, 4) is 0 Å². The van der Waals surface area contributed by atoms with Crippen LogP contribution in [0.25, 0.3) is 0 Å². The van der Waals surface area contributed by atoms with Gasteiger partial charge in [-0.2, -0.15) is 0 Å². The second kappa shape index (κ2) is 6.07. The number of alkyl halides is 1. The quantitative estimate of drug-likeness (QED) is 0.657. The van der Waals surface area contributed by atoms with Gasteiger partial charge in [0.1, 0.15) is 0 Å². The Bertz CT molecular complexity index is 331. The molecule has 1 aromatic rings. The lowest BCUT2D eigenvalue weighted by molar-refractivity contribution is 0.462. The maximum atomic E-state index is 6.13. The fraction of sp³-hybridized carbons (Fsp3) is 0.571. The first kappa shape index (κ1) is 12.4. The van der Waals surface area contributed by atoms with Crippen molar-refractivity contribution in [3.63, 3.8) is 0 Å². The summed E-state index contributed by atoms with van der Waals surface area (Å²) in [5.74, 6) is 2.15. The average Bonchev–Trinajstić information content (AvgIpc) is 2.80. The van der Waals surface area contributed by atoms with Gasteiger partial charge < -0.3 is 0 Å². The third-order valence-corrected chi connectivity index (χ3v) is 4.72. The molecule has 16 heavy (non-hydrogen) atoms. The number of halogens is 2. The molecule has 0 bridgehead atoms. The highest BCUT2D eigenvalue weighted by molar-refractivity contribution is 9.10. The average molecular weight is 302 g/mol. The highest BCUT2D eigenvalue weighted by Crippen LogP contribution is 2.36. The van der Waals surface area contributed by atoms with Gasteiger partial charge in [0, 0.05) is 10.4 Å². The van der Waals surface area contributed by atoms with E-state index >= 15 is 0 Å². The second-order valence-corrected chi connectivity index (χ2v) is 5.92. The molecule has 0 amide bonds. The predicted octanol–water partition coefficient (Wildman–Crippen LogP) is 5.35. The first-order chi connectivity index (χ1) is 7.81. The fourth-order valence-electron chi connectivity index (χ4n) is 2.73. The molecule has 1 aliphatic rings. The molecule has 0 N–H and O–H groups in total. The standard InChI is InChI=1S/C14H18BrCl/c15-14-8-4-3-7-13(14)12(10-16)9-11-5-1-2-6-11/h3-4,7-8,11-12H,1-2,5-6,9-10H2. The molecule has 0 spiro atoms. The van der Waals surface area contributed by atoms with E-state index in [9.17, 15) is 0 Å². The molecule has 0 nitrogen and oxygen atoms in total. The minimum Gasteiger partial charge on any atom is -0.126 e. The van der Waals surface area contributed by atoms with Gasteiger partial charge in [-0.15, -0.1) is 11.6 Å². The molecule has 1 saturated carbocycles. The minimum absolute atomic E-state index is 0.514. The number of rotatable bonds is 4. The summed E-state index contributed by atoms with van der Waals surface area (Å²) in [6.07, 6.45) is 6.88. The van der Waals surface area contributed by atoms with E-state index in [-0.39, 0.29) is 0 Å². The molecular formula is C14H18BrCl. The Morgan fingerprint density at radius 2 is 1.94 bits per heavy atom. The molecular weight excluding hydrogens is 284 g/mol. The van der Waals surface area contributed by atoms with Crippen LogP contribution >= 0.6 is 27.5 Å². The summed E-state index contributed by atoms with van der Waals surface area (Å²) >= 11 is 9.76. The number of hydrogen-bond acceptors (Lipinski definition) is 0. The van der Waals surface area contributed by atoms with E-state index in [1.54, 1.807) is 0 Å². The Labute approximate surface area is 112 Å². The van der Waals surface area contributed by atoms with E-state index in [0.717, 1.165) is 11.8 Å². The van der Waals surface area contributed by atoms with Crippen LogP contribution < -0.4 is 0 Å². The van der Waals surface area contributed by atoms with Gasteiger partial charge in [-0.25, -0.2) is 0 Å². The first-order valence-electron chi connectivity index (χ1n) is 6.11. The van der Waals surface area contributed by atoms with Crippen molar-refractivity contribution in [1.82, 2.24) is 0 Å². The molecule has 2 heteroatoms. The molecule has 0 radical (unpaired) electrons. The van der Waals surface area contributed by atoms with Crippen LogP contribution in [0.2, 0.25) is 0 Å². The van der Waals surface area contributed by atoms with Crippen LogP contribution in [0.15, 0.2) is 28.7 Å². The monoisotopic (exact) mass is 300 g/mol. The Balaban J connectivity index is 2.06. The molecule has 1 fully saturated rings. The van der Waals surface area contributed by atoms with Crippen molar-refractivity contribution in [2.45, 2.75) is 38.0 Å². The Morgan fingerprint density at radius 1 is 1.25 bits per heavy atom. The molecule has 2 rings (SSSR count). The predicted molar refractivity (Wildman–Crippen MR) is 74.2 cm³/mol. The van der Waals surface area contributed by atoms with E-state index in [2.05, 4.69) is 40.2 Å². The number of hydrogen-bond donors (Lipinski definition) is 0. The zero-order chi connectivity index (χ0) is 11.4. The molecule has 0 saturated heterocycles. The first-order valence-corrected chi connectivity index (χ1v) is 7.44. The molecule has 0 aromatic heterocycles. The lowest BCUT2D eigenvalue weighted by Gasteiger charge is -2.19. The Kier molecular flexibility index (Phi) is 4.72. The van der Waals surface area contributed by atoms with E-state index in [0.29, 0.717) is 5.92 Å². The second-order valence-electron chi connectivity index (χ2n) is 4.76. The van der Waals surface area contributed by atoms with Crippen LogP contribution in [0.5, 0.6) is 0 Å². The summed E-state index contributed by atoms with van der Waals surface area (Å²) in [5.41, 5.74) is 1.38. The molecule has 1 atom stereocenters. The zero-order valence-corrected chi connectivity index (χ0v) is 11.8. The highest BCUT2D eigenvalue weighted by Gasteiger charge is 2.21. The van der Waals surface area contributed by atoms with Gasteiger partial charge in [-0.05, 0) is 29.9 Å². The van der Waals surface area contributed by atoms with Gasteiger partial charge in [0.05, 0.1) is 0 Å². The maximum absolute atomic E-state index is 6.13. The summed E-state index contributed by atoms with van der Waals surface area (Å²) in [7, 11) is 0. The summed E-state index contributed by atoms with van der Waals surface area (Å²) in [6, 6.07) is 8.48. The van der Waals surface area contributed by atoms with Crippen molar-refractivity contribution < 1.29 is 0 Å². The molecule has 1 aliphatic carbocycles. The van der Waals surface area contributed by atoms with Gasteiger partial charge in [0.25, 0.3) is 0 Å². The van der Waals surface area contributed by atoms with Crippen molar-refractivity contribution in [1.29, 1.82) is 0 Å². The summed E-state index contributed by atoms with van der Waals surface area (Å²) in [5, 5.41) is 0. The van der Waals surface area contributed by atoms with Gasteiger partial charge >= 0.3 is 0 Å². The third kappa shape index (κ3) is 3.01. The highest BCUT2D eigenvalue weighted by atomic mass is 79.9. The Morgan fingerprint density at radius 3 is 2.56 bits per heavy atom. The van der Waals surface area contributed by atoms with Gasteiger partial charge in [0.15, 0.2) is 0 Å². The SMILES string of the molecule is ClCC(CC1CCCC1)c1ccccc1Br. The molecule has 1 aromatic carbocycles. The van der Waals surface area contributed by atoms with Crippen LogP contribution in [0, 0.1) is 5.92 Å². The third-order valence-electron chi connectivity index (χ3n) is 3.62. The molecule has 1 unspecified atom stereocenters. The zero-order valence-electron chi connectivity index (χ0n) is 9.46. The normalized spacial score (nSPS) is 18.9. The molecule has 0 heterocycles. The smallest absolute Gasteiger partial charge is 0.0292 e. The van der Waals surface area contributed by atoms with E-state index in [1.165, 1.54) is 42.1 Å². The van der Waals surface area contributed by atoms with E-state index in [4.69, 9.17) is 11.6 Å². The maximum Gasteiger partial charge on any atom is 0.0292 e. The summed E-state index contributed by atoms with van der Waals surface area (Å²) < 4.78 is 1.21. The van der Waals surface area contributed by atoms with Crippen LogP contribution in [-0.4, -0.2) is 5.88 Å². The Hall–Kier alpha value is -0.0100. The van der Waals surface area contributed by atoms with Crippen molar-refractivity contribution >= 4 is 27.5 Å². The van der Waals surface area contributed by atoms with E-state index < -0.39 is 0 Å². The minimum atomic E-state index is 0.514. The lowest BCUT2D eigenvalue weighted by atomic mass is 9.89. The lowest BCUT2D eigenvalue weighted by Crippen LogP contribution is -2.07. The van der Waals surface area contributed by atoms with Crippen LogP contribution in [-0.2, 0) is 0 Å². The van der Waals surface area contributed by atoms with Crippen LogP contribution in [0.1, 0.15) is 43.6 Å². The van der Waals surface area contributed by atoms with E-state index in [1.807, 2.05) is 0 Å². The topological polar surface area (TPSA) is 0 Å². The fourth-order valence-corrected chi connectivity index (χ4v) is 3.63.